The zero-order valence-electron chi connectivity index (χ0n) is 25.1. The minimum Gasteiger partial charge on any atom is -0.385 e. The number of pyridine rings is 1. The smallest absolute Gasteiger partial charge is 0.254 e. The van der Waals surface area contributed by atoms with E-state index in [1.807, 2.05) is 43.0 Å². The van der Waals surface area contributed by atoms with Gasteiger partial charge in [0.25, 0.3) is 5.56 Å². The van der Waals surface area contributed by atoms with Gasteiger partial charge in [-0.2, -0.15) is 5.10 Å². The molecule has 3 aliphatic rings. The second-order valence-electron chi connectivity index (χ2n) is 10.7. The van der Waals surface area contributed by atoms with Gasteiger partial charge in [0.2, 0.25) is 5.91 Å². The van der Waals surface area contributed by atoms with E-state index in [2.05, 4.69) is 18.0 Å². The average molecular weight is 556 g/mol. The number of hydrogen-bond donors (Lipinski definition) is 2. The molecule has 9 nitrogen and oxygen atoms in total. The number of aryl methyl sites for hydroxylation is 1. The molecule has 2 aromatic rings. The van der Waals surface area contributed by atoms with E-state index in [0.717, 1.165) is 91.6 Å². The minimum atomic E-state index is -0.0556. The van der Waals surface area contributed by atoms with Crippen LogP contribution in [0.25, 0.3) is 10.9 Å². The number of hydrazone groups is 1. The zero-order valence-corrected chi connectivity index (χ0v) is 25.1. The predicted octanol–water partition coefficient (Wildman–Crippen LogP) is 4.17. The maximum atomic E-state index is 12.9. The fourth-order valence-corrected chi connectivity index (χ4v) is 5.47. The van der Waals surface area contributed by atoms with Crippen LogP contribution in [0.15, 0.2) is 22.0 Å². The molecule has 3 N–H and O–H groups in total. The van der Waals surface area contributed by atoms with Crippen LogP contribution in [0.1, 0.15) is 69.6 Å². The van der Waals surface area contributed by atoms with Crippen molar-refractivity contribution in [2.24, 2.45) is 16.8 Å². The van der Waals surface area contributed by atoms with Gasteiger partial charge in [-0.3, -0.25) is 14.6 Å². The third-order valence-electron chi connectivity index (χ3n) is 7.73. The number of ether oxygens (including phenoxy) is 2. The quantitative estimate of drug-likeness (QED) is 0.496. The van der Waals surface area contributed by atoms with Gasteiger partial charge in [0.05, 0.1) is 23.7 Å². The van der Waals surface area contributed by atoms with Gasteiger partial charge in [0.15, 0.2) is 0 Å². The first-order valence-corrected chi connectivity index (χ1v) is 15.0. The lowest BCUT2D eigenvalue weighted by atomic mass is 9.97. The highest BCUT2D eigenvalue weighted by molar-refractivity contribution is 5.97. The number of likely N-dealkylation sites (tertiary alicyclic amines) is 1. The number of amides is 1. The van der Waals surface area contributed by atoms with Gasteiger partial charge in [-0.15, -0.1) is 0 Å². The number of rotatable bonds is 7. The van der Waals surface area contributed by atoms with Crippen molar-refractivity contribution >= 4 is 28.7 Å². The summed E-state index contributed by atoms with van der Waals surface area (Å²) in [4.78, 5) is 30.8. The largest absolute Gasteiger partial charge is 0.385 e. The number of nitrogens with one attached hydrogen (secondary N) is 1. The van der Waals surface area contributed by atoms with Crippen LogP contribution in [0.4, 0.5) is 5.69 Å². The molecule has 1 atom stereocenters. The Morgan fingerprint density at radius 2 is 1.95 bits per heavy atom. The molecule has 0 aliphatic carbocycles. The van der Waals surface area contributed by atoms with E-state index in [1.54, 1.807) is 7.11 Å². The summed E-state index contributed by atoms with van der Waals surface area (Å²) in [7, 11) is 1.70. The Balaban J connectivity index is 0.000000430. The summed E-state index contributed by atoms with van der Waals surface area (Å²) in [5.74, 6) is 0.758. The number of nitrogens with two attached hydrogens (primary N) is 1. The lowest BCUT2D eigenvalue weighted by molar-refractivity contribution is -0.129. The number of benzene rings is 1. The molecule has 9 heteroatoms. The van der Waals surface area contributed by atoms with Crippen molar-refractivity contribution < 1.29 is 14.3 Å². The Kier molecular flexibility index (Phi) is 12.6. The average Bonchev–Trinajstić information content (AvgIpc) is 3.42. The van der Waals surface area contributed by atoms with E-state index in [9.17, 15) is 9.59 Å². The number of unbranched alkanes of at least 4 members (excludes halogenated alkanes) is 1. The van der Waals surface area contributed by atoms with Crippen molar-refractivity contribution in [3.8, 4) is 0 Å². The standard InChI is InChI=1S/C24H30N4O3.C5H13NO.C2H6/c1-15-4-8-27(14-15)22(29)13-17-12-20-21(11-16(17)2)26-24(30)19-3-7-25-28(23(19)20)18-5-9-31-10-6-18;1-7-5-3-2-4-6;1-2/h7,11-12,15,18H,3-6,8-10,13-14H2,1-2H3,(H,26,30);2-6H2,1H3;1-2H3. The molecule has 3 aliphatic heterocycles. The zero-order chi connectivity index (χ0) is 29.1. The number of methoxy groups -OCH3 is 1. The molecule has 2 saturated heterocycles. The molecular weight excluding hydrogens is 506 g/mol. The molecular formula is C31H49N5O4. The van der Waals surface area contributed by atoms with Crippen LogP contribution in [-0.2, 0) is 27.1 Å². The molecule has 1 aromatic heterocycles. The topological polar surface area (TPSA) is 113 Å². The summed E-state index contributed by atoms with van der Waals surface area (Å²) in [6.45, 7) is 13.0. The third-order valence-corrected chi connectivity index (χ3v) is 7.73. The first kappa shape index (κ1) is 31.8. The molecule has 4 heterocycles. The predicted molar refractivity (Wildman–Crippen MR) is 163 cm³/mol. The number of carbonyl (C=O) groups is 1. The molecule has 0 radical (unpaired) electrons. The number of aromatic nitrogens is 1. The molecule has 1 aromatic carbocycles. The SMILES string of the molecule is CC.COCCCCN.Cc1cc2[nH]c(=O)c3c(c2cc1CC(=O)N1CCC(C)C1)N(C1CCOCC1)N=CC3. The molecule has 1 unspecified atom stereocenters. The normalized spacial score (nSPS) is 18.6. The van der Waals surface area contributed by atoms with E-state index in [0.29, 0.717) is 32.0 Å². The Bertz CT molecular complexity index is 1180. The fourth-order valence-electron chi connectivity index (χ4n) is 5.47. The summed E-state index contributed by atoms with van der Waals surface area (Å²) >= 11 is 0. The van der Waals surface area contributed by atoms with Gasteiger partial charge < -0.3 is 25.1 Å². The number of nitrogens with zero attached hydrogens (tertiary/aromatic N) is 3. The molecule has 1 amide bonds. The number of H-pyrrole nitrogens is 1. The second kappa shape index (κ2) is 15.9. The molecule has 5 rings (SSSR count). The van der Waals surface area contributed by atoms with Gasteiger partial charge in [-0.1, -0.05) is 20.8 Å². The number of carbonyl (C=O) groups excluding carboxylic acids is 1. The number of aromatic amines is 1. The van der Waals surface area contributed by atoms with Crippen LogP contribution in [0.3, 0.4) is 0 Å². The van der Waals surface area contributed by atoms with Crippen LogP contribution >= 0.6 is 0 Å². The molecule has 0 spiro atoms. The maximum Gasteiger partial charge on any atom is 0.254 e. The fraction of sp³-hybridized carbons (Fsp3) is 0.645. The summed E-state index contributed by atoms with van der Waals surface area (Å²) in [6, 6.07) is 4.32. The lowest BCUT2D eigenvalue weighted by Gasteiger charge is -2.35. The molecule has 40 heavy (non-hydrogen) atoms. The van der Waals surface area contributed by atoms with Gasteiger partial charge in [0.1, 0.15) is 0 Å². The van der Waals surface area contributed by atoms with E-state index in [1.165, 1.54) is 0 Å². The van der Waals surface area contributed by atoms with Crippen molar-refractivity contribution in [3.63, 3.8) is 0 Å². The second-order valence-corrected chi connectivity index (χ2v) is 10.7. The van der Waals surface area contributed by atoms with Gasteiger partial charge in [-0.05, 0) is 74.8 Å². The van der Waals surface area contributed by atoms with Crippen molar-refractivity contribution in [1.82, 2.24) is 9.88 Å². The Morgan fingerprint density at radius 3 is 2.60 bits per heavy atom. The van der Waals surface area contributed by atoms with Gasteiger partial charge in [0, 0.05) is 63.6 Å². The summed E-state index contributed by atoms with van der Waals surface area (Å²) in [5.41, 5.74) is 9.67. The number of fused-ring (bicyclic) bond motifs is 3. The van der Waals surface area contributed by atoms with Crippen LogP contribution in [-0.4, -0.2) is 74.6 Å². The summed E-state index contributed by atoms with van der Waals surface area (Å²) in [6.07, 6.45) is 7.75. The molecule has 222 valence electrons. The Labute approximate surface area is 239 Å². The highest BCUT2D eigenvalue weighted by Gasteiger charge is 2.29. The molecule has 2 fully saturated rings. The Morgan fingerprint density at radius 1 is 1.20 bits per heavy atom. The van der Waals surface area contributed by atoms with Gasteiger partial charge >= 0.3 is 0 Å². The van der Waals surface area contributed by atoms with Crippen LogP contribution < -0.4 is 16.3 Å². The van der Waals surface area contributed by atoms with Crippen molar-refractivity contribution in [2.75, 3.05) is 51.6 Å². The van der Waals surface area contributed by atoms with E-state index in [4.69, 9.17) is 20.3 Å². The third kappa shape index (κ3) is 7.92. The van der Waals surface area contributed by atoms with Crippen LogP contribution in [0, 0.1) is 12.8 Å². The van der Waals surface area contributed by atoms with Crippen molar-refractivity contribution in [1.29, 1.82) is 0 Å². The van der Waals surface area contributed by atoms with E-state index >= 15 is 0 Å². The number of anilines is 1. The molecule has 0 bridgehead atoms. The lowest BCUT2D eigenvalue weighted by Crippen LogP contribution is -2.39. The van der Waals surface area contributed by atoms with E-state index < -0.39 is 0 Å². The monoisotopic (exact) mass is 555 g/mol. The van der Waals surface area contributed by atoms with E-state index in [-0.39, 0.29) is 17.5 Å². The van der Waals surface area contributed by atoms with Crippen molar-refractivity contribution in [3.05, 3.63) is 39.2 Å². The Hall–Kier alpha value is -2.75. The molecule has 0 saturated carbocycles. The van der Waals surface area contributed by atoms with Crippen molar-refractivity contribution in [2.45, 2.75) is 78.7 Å². The van der Waals surface area contributed by atoms with Crippen LogP contribution in [0.5, 0.6) is 0 Å². The summed E-state index contributed by atoms with van der Waals surface area (Å²) in [5, 5.41) is 7.70. The first-order chi connectivity index (χ1) is 19.4. The highest BCUT2D eigenvalue weighted by atomic mass is 16.5. The van der Waals surface area contributed by atoms with Crippen LogP contribution in [0.2, 0.25) is 0 Å². The minimum absolute atomic E-state index is 0.0556. The first-order valence-electron chi connectivity index (χ1n) is 15.0. The highest BCUT2D eigenvalue weighted by Crippen LogP contribution is 2.35. The van der Waals surface area contributed by atoms with Gasteiger partial charge in [-0.25, -0.2) is 0 Å². The summed E-state index contributed by atoms with van der Waals surface area (Å²) < 4.78 is 10.3. The number of hydrogen-bond acceptors (Lipinski definition) is 7. The maximum absolute atomic E-state index is 12.9.